The van der Waals surface area contributed by atoms with Crippen LogP contribution in [0, 0.1) is 6.92 Å². The second-order valence-electron chi connectivity index (χ2n) is 3.07. The van der Waals surface area contributed by atoms with Crippen molar-refractivity contribution in [3.63, 3.8) is 0 Å². The molecule has 0 bridgehead atoms. The number of hydrogen-bond acceptors (Lipinski definition) is 6. The summed E-state index contributed by atoms with van der Waals surface area (Å²) in [5.41, 5.74) is 2.44. The van der Waals surface area contributed by atoms with Gasteiger partial charge in [-0.1, -0.05) is 0 Å². The van der Waals surface area contributed by atoms with Crippen LogP contribution in [0.3, 0.4) is 0 Å². The lowest BCUT2D eigenvalue weighted by Crippen LogP contribution is -2.02. The Kier molecular flexibility index (Phi) is 2.72. The maximum absolute atomic E-state index is 11.2. The van der Waals surface area contributed by atoms with Crippen LogP contribution >= 0.6 is 22.0 Å². The molecule has 0 radical (unpaired) electrons. The molecule has 2 rings (SSSR count). The number of hydrogen-bond donors (Lipinski definition) is 0. The smallest absolute Gasteiger partial charge is 0.296 e. The number of rotatable bonds is 2. The van der Waals surface area contributed by atoms with Crippen LogP contribution in [0.15, 0.2) is 10.7 Å². The molecule has 0 aliphatic heterocycles. The zero-order valence-corrected chi connectivity index (χ0v) is 10.8. The summed E-state index contributed by atoms with van der Waals surface area (Å²) in [6, 6.07) is 0. The lowest BCUT2D eigenvalue weighted by molar-refractivity contribution is 0.593. The fraction of sp³-hybridized carbons (Fsp3) is 0.286. The molecule has 0 spiro atoms. The lowest BCUT2D eigenvalue weighted by Gasteiger charge is -1.99. The highest BCUT2D eigenvalue weighted by Gasteiger charge is 2.22. The average molecular weight is 279 g/mol. The van der Waals surface area contributed by atoms with Crippen molar-refractivity contribution in [2.45, 2.75) is 12.1 Å². The van der Waals surface area contributed by atoms with Crippen molar-refractivity contribution in [2.75, 3.05) is 0 Å². The first-order valence-electron chi connectivity index (χ1n) is 4.16. The molecule has 0 saturated carbocycles. The SMILES string of the molecule is Cc1ncsc1-c1nnc(S(=O)(=O)Cl)n1C. The van der Waals surface area contributed by atoms with Crippen LogP contribution in [-0.2, 0) is 16.1 Å². The molecule has 0 aliphatic rings. The van der Waals surface area contributed by atoms with E-state index in [0.717, 1.165) is 10.6 Å². The van der Waals surface area contributed by atoms with Gasteiger partial charge in [0, 0.05) is 17.7 Å². The minimum absolute atomic E-state index is 0.267. The Morgan fingerprint density at radius 2 is 2.12 bits per heavy atom. The molecule has 0 fully saturated rings. The molecule has 6 nitrogen and oxygen atoms in total. The maximum Gasteiger partial charge on any atom is 0.296 e. The normalized spacial score (nSPS) is 11.9. The van der Waals surface area contributed by atoms with Gasteiger partial charge in [-0.2, -0.15) is 0 Å². The summed E-state index contributed by atoms with van der Waals surface area (Å²) in [6.07, 6.45) is 0. The molecule has 0 unspecified atom stereocenters. The van der Waals surface area contributed by atoms with Crippen molar-refractivity contribution < 1.29 is 8.42 Å². The molecule has 2 heterocycles. The van der Waals surface area contributed by atoms with E-state index >= 15 is 0 Å². The van der Waals surface area contributed by atoms with Crippen LogP contribution in [0.5, 0.6) is 0 Å². The highest BCUT2D eigenvalue weighted by molar-refractivity contribution is 8.13. The van der Waals surface area contributed by atoms with E-state index in [2.05, 4.69) is 15.2 Å². The molecule has 9 heteroatoms. The van der Waals surface area contributed by atoms with E-state index < -0.39 is 9.05 Å². The van der Waals surface area contributed by atoms with Crippen LogP contribution in [0.25, 0.3) is 10.7 Å². The third-order valence-corrected chi connectivity index (χ3v) is 4.13. The summed E-state index contributed by atoms with van der Waals surface area (Å²) in [4.78, 5) is 4.84. The van der Waals surface area contributed by atoms with Gasteiger partial charge in [0.25, 0.3) is 14.2 Å². The predicted molar refractivity (Wildman–Crippen MR) is 59.9 cm³/mol. The largest absolute Gasteiger partial charge is 0.299 e. The van der Waals surface area contributed by atoms with Gasteiger partial charge in [0.1, 0.15) is 0 Å². The molecule has 2 aromatic heterocycles. The molecule has 0 N–H and O–H groups in total. The molecule has 0 aromatic carbocycles. The van der Waals surface area contributed by atoms with Gasteiger partial charge in [-0.25, -0.2) is 13.4 Å². The summed E-state index contributed by atoms with van der Waals surface area (Å²) in [5.74, 6) is 0.444. The van der Waals surface area contributed by atoms with Gasteiger partial charge in [-0.3, -0.25) is 4.57 Å². The summed E-state index contributed by atoms with van der Waals surface area (Å²) in [7, 11) is 2.89. The van der Waals surface area contributed by atoms with Crippen LogP contribution in [0.2, 0.25) is 0 Å². The number of aryl methyl sites for hydroxylation is 1. The van der Waals surface area contributed by atoms with E-state index in [4.69, 9.17) is 10.7 Å². The Bertz CT molecular complexity index is 631. The van der Waals surface area contributed by atoms with Crippen molar-refractivity contribution in [2.24, 2.45) is 7.05 Å². The van der Waals surface area contributed by atoms with E-state index in [1.165, 1.54) is 15.9 Å². The fourth-order valence-corrected chi connectivity index (χ4v) is 3.02. The Balaban J connectivity index is 2.63. The number of thiazole rings is 1. The highest BCUT2D eigenvalue weighted by atomic mass is 35.7. The standard InChI is InChI=1S/C7H7ClN4O2S2/c1-4-5(15-3-9-4)6-10-11-7(12(6)2)16(8,13)14/h3H,1-2H3. The van der Waals surface area contributed by atoms with Crippen molar-refractivity contribution in [1.82, 2.24) is 19.7 Å². The Hall–Kier alpha value is -0.990. The summed E-state index contributed by atoms with van der Waals surface area (Å²) < 4.78 is 23.6. The first-order valence-corrected chi connectivity index (χ1v) is 7.34. The quantitative estimate of drug-likeness (QED) is 0.771. The van der Waals surface area contributed by atoms with Crippen LogP contribution < -0.4 is 0 Å². The van der Waals surface area contributed by atoms with Gasteiger partial charge in [0.05, 0.1) is 16.1 Å². The van der Waals surface area contributed by atoms with E-state index in [0.29, 0.717) is 5.82 Å². The highest BCUT2D eigenvalue weighted by Crippen LogP contribution is 2.26. The maximum atomic E-state index is 11.2. The third-order valence-electron chi connectivity index (χ3n) is 2.00. The molecule has 86 valence electrons. The van der Waals surface area contributed by atoms with Gasteiger partial charge in [-0.15, -0.1) is 21.5 Å². The predicted octanol–water partition coefficient (Wildman–Crippen LogP) is 1.17. The minimum atomic E-state index is -3.87. The minimum Gasteiger partial charge on any atom is -0.299 e. The van der Waals surface area contributed by atoms with Gasteiger partial charge < -0.3 is 0 Å². The molecule has 16 heavy (non-hydrogen) atoms. The summed E-state index contributed by atoms with van der Waals surface area (Å²) in [6.45, 7) is 1.81. The third kappa shape index (κ3) is 1.83. The zero-order valence-electron chi connectivity index (χ0n) is 8.38. The molecule has 0 saturated heterocycles. The van der Waals surface area contributed by atoms with Gasteiger partial charge in [0.15, 0.2) is 5.82 Å². The van der Waals surface area contributed by atoms with Crippen LogP contribution in [0.1, 0.15) is 5.69 Å². The second kappa shape index (κ2) is 3.79. The van der Waals surface area contributed by atoms with Crippen LogP contribution in [0.4, 0.5) is 0 Å². The topological polar surface area (TPSA) is 77.7 Å². The van der Waals surface area contributed by atoms with Crippen molar-refractivity contribution in [1.29, 1.82) is 0 Å². The van der Waals surface area contributed by atoms with E-state index in [1.807, 2.05) is 6.92 Å². The van der Waals surface area contributed by atoms with Crippen molar-refractivity contribution >= 4 is 31.1 Å². The van der Waals surface area contributed by atoms with E-state index in [1.54, 1.807) is 12.6 Å². The Labute approximate surface area is 100 Å². The van der Waals surface area contributed by atoms with Crippen LogP contribution in [-0.4, -0.2) is 28.2 Å². The lowest BCUT2D eigenvalue weighted by atomic mass is 10.4. The Morgan fingerprint density at radius 3 is 2.56 bits per heavy atom. The average Bonchev–Trinajstić information content (AvgIpc) is 2.70. The zero-order chi connectivity index (χ0) is 11.9. The Morgan fingerprint density at radius 1 is 1.44 bits per heavy atom. The number of nitrogens with zero attached hydrogens (tertiary/aromatic N) is 4. The number of aromatic nitrogens is 4. The molecule has 0 amide bonds. The van der Waals surface area contributed by atoms with Gasteiger partial charge in [0.2, 0.25) is 0 Å². The van der Waals surface area contributed by atoms with Crippen molar-refractivity contribution in [3.8, 4) is 10.7 Å². The van der Waals surface area contributed by atoms with E-state index in [-0.39, 0.29) is 5.16 Å². The van der Waals surface area contributed by atoms with Gasteiger partial charge >= 0.3 is 0 Å². The first kappa shape index (κ1) is 11.5. The summed E-state index contributed by atoms with van der Waals surface area (Å²) >= 11 is 1.37. The monoisotopic (exact) mass is 278 g/mol. The number of halogens is 1. The van der Waals surface area contributed by atoms with E-state index in [9.17, 15) is 8.42 Å². The van der Waals surface area contributed by atoms with Gasteiger partial charge in [-0.05, 0) is 6.92 Å². The molecule has 2 aromatic rings. The second-order valence-corrected chi connectivity index (χ2v) is 6.38. The molecule has 0 aliphatic carbocycles. The first-order chi connectivity index (χ1) is 7.41. The summed E-state index contributed by atoms with van der Waals surface area (Å²) in [5, 5.41) is 7.09. The van der Waals surface area contributed by atoms with Crippen molar-refractivity contribution in [3.05, 3.63) is 11.2 Å². The molecular weight excluding hydrogens is 272 g/mol. The molecule has 0 atom stereocenters. The fourth-order valence-electron chi connectivity index (χ4n) is 1.24. The molecular formula is C7H7ClN4O2S2.